The van der Waals surface area contributed by atoms with E-state index in [2.05, 4.69) is 0 Å². The fourth-order valence-corrected chi connectivity index (χ4v) is 4.49. The summed E-state index contributed by atoms with van der Waals surface area (Å²) in [5, 5.41) is 1.10. The summed E-state index contributed by atoms with van der Waals surface area (Å²) < 4.78 is 5.57. The van der Waals surface area contributed by atoms with Gasteiger partial charge in [-0.3, -0.25) is 4.79 Å². The number of thioether (sulfide) groups is 1. The van der Waals surface area contributed by atoms with Crippen LogP contribution >= 0.6 is 35.0 Å². The van der Waals surface area contributed by atoms with Crippen LogP contribution in [0.25, 0.3) is 0 Å². The molecule has 0 N–H and O–H groups in total. The van der Waals surface area contributed by atoms with Crippen LogP contribution in [0.2, 0.25) is 10.0 Å². The third-order valence-electron chi connectivity index (χ3n) is 3.78. The summed E-state index contributed by atoms with van der Waals surface area (Å²) in [6.45, 7) is 1.19. The van der Waals surface area contributed by atoms with Crippen LogP contribution in [0.3, 0.4) is 0 Å². The Morgan fingerprint density at radius 2 is 2.00 bits per heavy atom. The topological polar surface area (TPSA) is 29.5 Å². The molecule has 0 spiro atoms. The van der Waals surface area contributed by atoms with Crippen molar-refractivity contribution in [3.63, 3.8) is 0 Å². The Kier molecular flexibility index (Phi) is 6.06. The van der Waals surface area contributed by atoms with Crippen LogP contribution < -0.4 is 0 Å². The number of halogens is 2. The zero-order valence-electron chi connectivity index (χ0n) is 13.0. The first-order valence-corrected chi connectivity index (χ1v) is 9.43. The van der Waals surface area contributed by atoms with Gasteiger partial charge in [0.15, 0.2) is 0 Å². The molecule has 2 aromatic carbocycles. The van der Waals surface area contributed by atoms with Crippen LogP contribution in [0.1, 0.15) is 16.5 Å². The maximum atomic E-state index is 12.5. The first-order chi connectivity index (χ1) is 11.6. The molecule has 3 nitrogen and oxygen atoms in total. The number of carbonyl (C=O) groups is 1. The molecule has 24 heavy (non-hydrogen) atoms. The lowest BCUT2D eigenvalue weighted by Crippen LogP contribution is -2.33. The van der Waals surface area contributed by atoms with Crippen molar-refractivity contribution in [2.45, 2.75) is 12.0 Å². The molecular weight excluding hydrogens is 365 g/mol. The van der Waals surface area contributed by atoms with Crippen LogP contribution in [0.15, 0.2) is 48.5 Å². The highest BCUT2D eigenvalue weighted by molar-refractivity contribution is 7.99. The molecule has 3 rings (SSSR count). The number of hydrogen-bond acceptors (Lipinski definition) is 3. The molecule has 0 saturated carbocycles. The molecule has 126 valence electrons. The van der Waals surface area contributed by atoms with E-state index in [1.165, 1.54) is 0 Å². The highest BCUT2D eigenvalue weighted by Gasteiger charge is 2.31. The van der Waals surface area contributed by atoms with Gasteiger partial charge >= 0.3 is 0 Å². The highest BCUT2D eigenvalue weighted by atomic mass is 35.5. The van der Waals surface area contributed by atoms with E-state index in [4.69, 9.17) is 27.9 Å². The number of hydrogen-bond donors (Lipinski definition) is 0. The Morgan fingerprint density at radius 3 is 2.75 bits per heavy atom. The van der Waals surface area contributed by atoms with Crippen molar-refractivity contribution in [1.29, 1.82) is 0 Å². The van der Waals surface area contributed by atoms with Gasteiger partial charge in [-0.05, 0) is 17.7 Å². The van der Waals surface area contributed by atoms with Crippen LogP contribution in [0, 0.1) is 0 Å². The molecule has 1 aliphatic rings. The molecular formula is C18H17Cl2NO2S. The fraction of sp³-hybridized carbons (Fsp3) is 0.278. The third-order valence-corrected chi connectivity index (χ3v) is 5.58. The number of ether oxygens (including phenoxy) is 1. The third kappa shape index (κ3) is 4.25. The van der Waals surface area contributed by atoms with Crippen LogP contribution in [0.5, 0.6) is 0 Å². The van der Waals surface area contributed by atoms with Gasteiger partial charge < -0.3 is 9.64 Å². The Hall–Kier alpha value is -1.20. The van der Waals surface area contributed by atoms with Gasteiger partial charge in [-0.2, -0.15) is 0 Å². The van der Waals surface area contributed by atoms with E-state index >= 15 is 0 Å². The lowest BCUT2D eigenvalue weighted by atomic mass is 10.2. The minimum absolute atomic E-state index is 0.0213. The average molecular weight is 382 g/mol. The van der Waals surface area contributed by atoms with Gasteiger partial charge in [0.2, 0.25) is 5.91 Å². The zero-order chi connectivity index (χ0) is 16.9. The van der Waals surface area contributed by atoms with Gasteiger partial charge in [-0.25, -0.2) is 0 Å². The summed E-state index contributed by atoms with van der Waals surface area (Å²) >= 11 is 14.0. The molecule has 1 heterocycles. The first kappa shape index (κ1) is 17.6. The Morgan fingerprint density at radius 1 is 1.21 bits per heavy atom. The maximum absolute atomic E-state index is 12.5. The Bertz CT molecular complexity index is 711. The van der Waals surface area contributed by atoms with E-state index in [9.17, 15) is 4.79 Å². The molecule has 1 aliphatic heterocycles. The summed E-state index contributed by atoms with van der Waals surface area (Å²) in [6.07, 6.45) is 0. The molecule has 0 aromatic heterocycles. The lowest BCUT2D eigenvalue weighted by molar-refractivity contribution is -0.136. The van der Waals surface area contributed by atoms with E-state index in [1.807, 2.05) is 41.3 Å². The van der Waals surface area contributed by atoms with Crippen molar-refractivity contribution in [1.82, 2.24) is 4.90 Å². The smallest absolute Gasteiger partial charge is 0.249 e. The van der Waals surface area contributed by atoms with Gasteiger partial charge in [0, 0.05) is 27.9 Å². The van der Waals surface area contributed by atoms with Crippen molar-refractivity contribution >= 4 is 40.9 Å². The fourth-order valence-electron chi connectivity index (χ4n) is 2.60. The van der Waals surface area contributed by atoms with Gasteiger partial charge in [0.25, 0.3) is 0 Å². The standard InChI is InChI=1S/C18H17Cl2NO2S/c19-14-6-7-15(16(20)10-14)18-21(8-9-24-18)17(22)12-23-11-13-4-2-1-3-5-13/h1-7,10,18H,8-9,11-12H2. The molecule has 6 heteroatoms. The van der Waals surface area contributed by atoms with E-state index < -0.39 is 0 Å². The van der Waals surface area contributed by atoms with Gasteiger partial charge in [-0.1, -0.05) is 59.6 Å². The molecule has 2 aromatic rings. The minimum Gasteiger partial charge on any atom is -0.367 e. The first-order valence-electron chi connectivity index (χ1n) is 7.63. The molecule has 1 unspecified atom stereocenters. The second-order valence-corrected chi connectivity index (χ2v) is 7.49. The quantitative estimate of drug-likeness (QED) is 0.745. The Labute approximate surface area is 155 Å². The van der Waals surface area contributed by atoms with Crippen LogP contribution in [-0.4, -0.2) is 29.7 Å². The molecule has 1 saturated heterocycles. The maximum Gasteiger partial charge on any atom is 0.249 e. The number of amides is 1. The highest BCUT2D eigenvalue weighted by Crippen LogP contribution is 2.41. The van der Waals surface area contributed by atoms with Crippen LogP contribution in [0.4, 0.5) is 0 Å². The van der Waals surface area contributed by atoms with Crippen molar-refractivity contribution in [2.24, 2.45) is 0 Å². The molecule has 1 amide bonds. The summed E-state index contributed by atoms with van der Waals surface area (Å²) in [6, 6.07) is 15.2. The largest absolute Gasteiger partial charge is 0.367 e. The SMILES string of the molecule is O=C(COCc1ccccc1)N1CCSC1c1ccc(Cl)cc1Cl. The minimum atomic E-state index is -0.0809. The molecule has 0 bridgehead atoms. The summed E-state index contributed by atoms with van der Waals surface area (Å²) in [7, 11) is 0. The Balaban J connectivity index is 1.61. The van der Waals surface area contributed by atoms with E-state index in [0.717, 1.165) is 16.9 Å². The van der Waals surface area contributed by atoms with Crippen molar-refractivity contribution < 1.29 is 9.53 Å². The monoisotopic (exact) mass is 381 g/mol. The second kappa shape index (κ2) is 8.26. The number of nitrogens with zero attached hydrogens (tertiary/aromatic N) is 1. The van der Waals surface area contributed by atoms with Gasteiger partial charge in [0.05, 0.1) is 6.61 Å². The van der Waals surface area contributed by atoms with E-state index in [-0.39, 0.29) is 17.9 Å². The predicted molar refractivity (Wildman–Crippen MR) is 99.5 cm³/mol. The number of carbonyl (C=O) groups excluding carboxylic acids is 1. The predicted octanol–water partition coefficient (Wildman–Crippen LogP) is 4.78. The molecule has 1 atom stereocenters. The molecule has 0 aliphatic carbocycles. The number of rotatable bonds is 5. The molecule has 1 fully saturated rings. The normalized spacial score (nSPS) is 17.2. The van der Waals surface area contributed by atoms with Gasteiger partial charge in [-0.15, -0.1) is 11.8 Å². The summed E-state index contributed by atoms with van der Waals surface area (Å²) in [4.78, 5) is 14.3. The van der Waals surface area contributed by atoms with Crippen LogP contribution in [-0.2, 0) is 16.1 Å². The van der Waals surface area contributed by atoms with Crippen molar-refractivity contribution in [2.75, 3.05) is 18.9 Å². The van der Waals surface area contributed by atoms with E-state index in [1.54, 1.807) is 23.9 Å². The summed E-state index contributed by atoms with van der Waals surface area (Å²) in [5.41, 5.74) is 1.97. The van der Waals surface area contributed by atoms with Crippen molar-refractivity contribution in [3.8, 4) is 0 Å². The number of benzene rings is 2. The average Bonchev–Trinajstić information content (AvgIpc) is 3.05. The van der Waals surface area contributed by atoms with Gasteiger partial charge in [0.1, 0.15) is 12.0 Å². The lowest BCUT2D eigenvalue weighted by Gasteiger charge is -2.25. The zero-order valence-corrected chi connectivity index (χ0v) is 15.3. The van der Waals surface area contributed by atoms with E-state index in [0.29, 0.717) is 23.2 Å². The molecule has 0 radical (unpaired) electrons. The second-order valence-electron chi connectivity index (χ2n) is 5.45. The van der Waals surface area contributed by atoms with Crippen molar-refractivity contribution in [3.05, 3.63) is 69.7 Å². The summed E-state index contributed by atoms with van der Waals surface area (Å²) in [5.74, 6) is 0.862.